The Kier molecular flexibility index (Phi) is 5.15. The summed E-state index contributed by atoms with van der Waals surface area (Å²) in [5.41, 5.74) is 2.39. The minimum Gasteiger partial charge on any atom is -0.497 e. The molecule has 0 radical (unpaired) electrons. The van der Waals surface area contributed by atoms with Crippen molar-refractivity contribution >= 4 is 11.3 Å². The summed E-state index contributed by atoms with van der Waals surface area (Å²) < 4.78 is 5.22. The summed E-state index contributed by atoms with van der Waals surface area (Å²) in [5, 5.41) is 6.80. The Morgan fingerprint density at radius 3 is 2.45 bits per heavy atom. The lowest BCUT2D eigenvalue weighted by molar-refractivity contribution is 0.414. The molecule has 4 heteroatoms. The van der Waals surface area contributed by atoms with Crippen LogP contribution >= 0.6 is 11.3 Å². The van der Waals surface area contributed by atoms with Gasteiger partial charge in [0, 0.05) is 5.38 Å². The molecular weight excluding hydrogens is 268 g/mol. The van der Waals surface area contributed by atoms with E-state index in [4.69, 9.17) is 9.72 Å². The van der Waals surface area contributed by atoms with Gasteiger partial charge in [0.1, 0.15) is 10.8 Å². The lowest BCUT2D eigenvalue weighted by Crippen LogP contribution is -2.21. The van der Waals surface area contributed by atoms with Gasteiger partial charge in [-0.1, -0.05) is 32.9 Å². The number of methoxy groups -OCH3 is 1. The predicted octanol–water partition coefficient (Wildman–Crippen LogP) is 3.97. The predicted molar refractivity (Wildman–Crippen MR) is 84.7 cm³/mol. The van der Waals surface area contributed by atoms with Crippen LogP contribution in [0, 0.1) is 0 Å². The monoisotopic (exact) mass is 290 g/mol. The van der Waals surface area contributed by atoms with Crippen molar-refractivity contribution in [2.24, 2.45) is 0 Å². The van der Waals surface area contributed by atoms with Crippen molar-refractivity contribution in [2.75, 3.05) is 13.7 Å². The Bertz CT molecular complexity index is 534. The van der Waals surface area contributed by atoms with E-state index in [1.54, 1.807) is 18.4 Å². The van der Waals surface area contributed by atoms with Gasteiger partial charge in [-0.05, 0) is 30.2 Å². The van der Waals surface area contributed by atoms with Gasteiger partial charge in [0.2, 0.25) is 0 Å². The van der Waals surface area contributed by atoms with Crippen molar-refractivity contribution in [3.63, 3.8) is 0 Å². The van der Waals surface area contributed by atoms with Crippen molar-refractivity contribution in [3.05, 3.63) is 45.9 Å². The fourth-order valence-electron chi connectivity index (χ4n) is 2.05. The molecule has 0 aliphatic rings. The second-order valence-corrected chi connectivity index (χ2v) is 5.92. The van der Waals surface area contributed by atoms with E-state index >= 15 is 0 Å². The zero-order valence-electron chi connectivity index (χ0n) is 12.5. The van der Waals surface area contributed by atoms with Gasteiger partial charge < -0.3 is 10.1 Å². The van der Waals surface area contributed by atoms with E-state index in [0.717, 1.165) is 17.3 Å². The van der Waals surface area contributed by atoms with E-state index in [1.807, 2.05) is 12.1 Å². The minimum absolute atomic E-state index is 0.156. The number of nitrogens with one attached hydrogen (secondary N) is 1. The molecule has 3 nitrogen and oxygen atoms in total. The first-order chi connectivity index (χ1) is 9.65. The van der Waals surface area contributed by atoms with Crippen LogP contribution in [0.3, 0.4) is 0 Å². The smallest absolute Gasteiger partial charge is 0.118 e. The molecule has 108 valence electrons. The Hall–Kier alpha value is -1.39. The summed E-state index contributed by atoms with van der Waals surface area (Å²) in [6.07, 6.45) is 0. The summed E-state index contributed by atoms with van der Waals surface area (Å²) in [4.78, 5) is 4.77. The molecule has 0 spiro atoms. The average Bonchev–Trinajstić information content (AvgIpc) is 2.95. The molecule has 20 heavy (non-hydrogen) atoms. The van der Waals surface area contributed by atoms with Crippen molar-refractivity contribution < 1.29 is 4.74 Å². The minimum atomic E-state index is 0.156. The second kappa shape index (κ2) is 6.86. The van der Waals surface area contributed by atoms with E-state index in [9.17, 15) is 0 Å². The number of benzene rings is 1. The Balaban J connectivity index is 2.28. The summed E-state index contributed by atoms with van der Waals surface area (Å²) in [6.45, 7) is 7.38. The molecule has 0 bridgehead atoms. The topological polar surface area (TPSA) is 34.1 Å². The van der Waals surface area contributed by atoms with Gasteiger partial charge in [0.05, 0.1) is 18.8 Å². The van der Waals surface area contributed by atoms with Crippen molar-refractivity contribution in [2.45, 2.75) is 32.7 Å². The van der Waals surface area contributed by atoms with Crippen LogP contribution in [-0.2, 0) is 0 Å². The highest BCUT2D eigenvalue weighted by atomic mass is 32.1. The molecule has 1 atom stereocenters. The van der Waals surface area contributed by atoms with Crippen LogP contribution in [0.4, 0.5) is 0 Å². The Morgan fingerprint density at radius 1 is 1.25 bits per heavy atom. The van der Waals surface area contributed by atoms with Gasteiger partial charge in [-0.3, -0.25) is 0 Å². The van der Waals surface area contributed by atoms with Crippen LogP contribution < -0.4 is 10.1 Å². The van der Waals surface area contributed by atoms with Crippen LogP contribution in [0.15, 0.2) is 29.6 Å². The van der Waals surface area contributed by atoms with Gasteiger partial charge in [-0.2, -0.15) is 0 Å². The number of aromatic nitrogens is 1. The fourth-order valence-corrected chi connectivity index (χ4v) is 3.13. The molecule has 1 N–H and O–H groups in total. The Morgan fingerprint density at radius 2 is 1.95 bits per heavy atom. The maximum atomic E-state index is 5.22. The molecule has 0 amide bonds. The van der Waals surface area contributed by atoms with Crippen LogP contribution in [0.2, 0.25) is 0 Å². The lowest BCUT2D eigenvalue weighted by Gasteiger charge is -2.16. The third-order valence-electron chi connectivity index (χ3n) is 3.24. The van der Waals surface area contributed by atoms with Gasteiger partial charge in [0.25, 0.3) is 0 Å². The van der Waals surface area contributed by atoms with Crippen molar-refractivity contribution in [3.8, 4) is 5.75 Å². The molecule has 1 unspecified atom stereocenters. The zero-order chi connectivity index (χ0) is 14.5. The molecule has 1 heterocycles. The molecule has 1 aromatic carbocycles. The first-order valence-corrected chi connectivity index (χ1v) is 7.86. The fraction of sp³-hybridized carbons (Fsp3) is 0.438. The molecule has 0 saturated carbocycles. The summed E-state index contributed by atoms with van der Waals surface area (Å²) in [5.74, 6) is 1.35. The molecule has 0 aliphatic heterocycles. The maximum Gasteiger partial charge on any atom is 0.118 e. The first-order valence-electron chi connectivity index (χ1n) is 6.98. The van der Waals surface area contributed by atoms with Gasteiger partial charge in [-0.25, -0.2) is 4.98 Å². The quantitative estimate of drug-likeness (QED) is 0.874. The van der Waals surface area contributed by atoms with Gasteiger partial charge in [0.15, 0.2) is 0 Å². The van der Waals surface area contributed by atoms with Crippen LogP contribution in [0.1, 0.15) is 49.0 Å². The van der Waals surface area contributed by atoms with Crippen LogP contribution in [0.5, 0.6) is 5.75 Å². The first kappa shape index (κ1) is 15.0. The van der Waals surface area contributed by atoms with Crippen molar-refractivity contribution in [1.29, 1.82) is 0 Å². The van der Waals surface area contributed by atoms with E-state index in [0.29, 0.717) is 5.92 Å². The highest BCUT2D eigenvalue weighted by Crippen LogP contribution is 2.28. The standard InChI is InChI=1S/C16H22N2OS/c1-5-17-15(12-6-8-13(19-4)9-7-12)16-18-14(10-20-16)11(2)3/h6-11,15,17H,5H2,1-4H3. The highest BCUT2D eigenvalue weighted by Gasteiger charge is 2.17. The number of hydrogen-bond acceptors (Lipinski definition) is 4. The summed E-state index contributed by atoms with van der Waals surface area (Å²) in [7, 11) is 1.69. The lowest BCUT2D eigenvalue weighted by atomic mass is 10.1. The molecule has 2 rings (SSSR count). The molecular formula is C16H22N2OS. The summed E-state index contributed by atoms with van der Waals surface area (Å²) >= 11 is 1.73. The third kappa shape index (κ3) is 3.38. The van der Waals surface area contributed by atoms with Crippen LogP contribution in [-0.4, -0.2) is 18.6 Å². The van der Waals surface area contributed by atoms with Gasteiger partial charge >= 0.3 is 0 Å². The second-order valence-electron chi connectivity index (χ2n) is 5.03. The Labute approximate surface area is 125 Å². The zero-order valence-corrected chi connectivity index (χ0v) is 13.3. The van der Waals surface area contributed by atoms with E-state index < -0.39 is 0 Å². The largest absolute Gasteiger partial charge is 0.497 e. The average molecular weight is 290 g/mol. The normalized spacial score (nSPS) is 12.7. The van der Waals surface area contributed by atoms with Gasteiger partial charge in [-0.15, -0.1) is 11.3 Å². The highest BCUT2D eigenvalue weighted by molar-refractivity contribution is 7.09. The van der Waals surface area contributed by atoms with Crippen LogP contribution in [0.25, 0.3) is 0 Å². The summed E-state index contributed by atoms with van der Waals surface area (Å²) in [6, 6.07) is 8.35. The third-order valence-corrected chi connectivity index (χ3v) is 4.16. The van der Waals surface area contributed by atoms with E-state index in [1.165, 1.54) is 11.3 Å². The number of thiazole rings is 1. The van der Waals surface area contributed by atoms with E-state index in [-0.39, 0.29) is 6.04 Å². The molecule has 0 aliphatic carbocycles. The number of nitrogens with zero attached hydrogens (tertiary/aromatic N) is 1. The number of hydrogen-bond donors (Lipinski definition) is 1. The molecule has 2 aromatic rings. The molecule has 0 fully saturated rings. The number of rotatable bonds is 6. The molecule has 1 aromatic heterocycles. The maximum absolute atomic E-state index is 5.22. The van der Waals surface area contributed by atoms with Crippen molar-refractivity contribution in [1.82, 2.24) is 10.3 Å². The SMILES string of the molecule is CCNC(c1ccc(OC)cc1)c1nc(C(C)C)cs1. The number of ether oxygens (including phenoxy) is 1. The van der Waals surface area contributed by atoms with E-state index in [2.05, 4.69) is 43.6 Å². The molecule has 0 saturated heterocycles.